The number of rotatable bonds is 6. The van der Waals surface area contributed by atoms with Crippen molar-refractivity contribution in [3.8, 4) is 0 Å². The standard InChI is InChI=1S/C16H18N2O7S/c1-17(13-8-9-26(23,24)11-13)15(19)10-25-16(20)7-6-12-4-2-3-5-14(12)18(21)22/h2-7,13H,8-11H2,1H3. The van der Waals surface area contributed by atoms with Crippen LogP contribution in [0.1, 0.15) is 12.0 Å². The fourth-order valence-electron chi connectivity index (χ4n) is 2.52. The lowest BCUT2D eigenvalue weighted by atomic mass is 10.1. The molecule has 0 spiro atoms. The largest absolute Gasteiger partial charge is 0.452 e. The Labute approximate surface area is 150 Å². The van der Waals surface area contributed by atoms with E-state index in [1.54, 1.807) is 6.07 Å². The van der Waals surface area contributed by atoms with Gasteiger partial charge in [-0.1, -0.05) is 12.1 Å². The van der Waals surface area contributed by atoms with Crippen LogP contribution >= 0.6 is 0 Å². The Morgan fingerprint density at radius 1 is 1.38 bits per heavy atom. The highest BCUT2D eigenvalue weighted by Crippen LogP contribution is 2.19. The van der Waals surface area contributed by atoms with Gasteiger partial charge in [0.05, 0.1) is 22.0 Å². The fraction of sp³-hybridized carbons (Fsp3) is 0.375. The molecule has 0 N–H and O–H groups in total. The third-order valence-corrected chi connectivity index (χ3v) is 5.77. The van der Waals surface area contributed by atoms with Gasteiger partial charge < -0.3 is 9.64 Å². The topological polar surface area (TPSA) is 124 Å². The molecule has 0 radical (unpaired) electrons. The van der Waals surface area contributed by atoms with Gasteiger partial charge in [0.15, 0.2) is 16.4 Å². The molecule has 0 aliphatic carbocycles. The van der Waals surface area contributed by atoms with Crippen LogP contribution in [0.2, 0.25) is 0 Å². The Balaban J connectivity index is 1.89. The number of ether oxygens (including phenoxy) is 1. The number of hydrogen-bond acceptors (Lipinski definition) is 7. The van der Waals surface area contributed by atoms with E-state index >= 15 is 0 Å². The molecule has 10 heteroatoms. The van der Waals surface area contributed by atoms with Gasteiger partial charge in [-0.05, 0) is 18.6 Å². The molecule has 140 valence electrons. The van der Waals surface area contributed by atoms with Crippen LogP contribution in [0.25, 0.3) is 6.08 Å². The van der Waals surface area contributed by atoms with Crippen molar-refractivity contribution in [3.63, 3.8) is 0 Å². The van der Waals surface area contributed by atoms with Crippen LogP contribution < -0.4 is 0 Å². The second-order valence-electron chi connectivity index (χ2n) is 5.82. The molecule has 9 nitrogen and oxygen atoms in total. The summed E-state index contributed by atoms with van der Waals surface area (Å²) in [5.41, 5.74) is 0.0730. The first-order valence-electron chi connectivity index (χ1n) is 7.74. The van der Waals surface area contributed by atoms with Gasteiger partial charge in [0.1, 0.15) is 0 Å². The maximum Gasteiger partial charge on any atom is 0.331 e. The molecule has 1 saturated heterocycles. The zero-order valence-corrected chi connectivity index (χ0v) is 14.8. The predicted octanol–water partition coefficient (Wildman–Crippen LogP) is 0.797. The van der Waals surface area contributed by atoms with Crippen molar-refractivity contribution in [1.29, 1.82) is 0 Å². The van der Waals surface area contributed by atoms with Crippen molar-refractivity contribution in [1.82, 2.24) is 4.90 Å². The van der Waals surface area contributed by atoms with Gasteiger partial charge in [0, 0.05) is 25.2 Å². The Hall–Kier alpha value is -2.75. The monoisotopic (exact) mass is 382 g/mol. The van der Waals surface area contributed by atoms with Crippen molar-refractivity contribution in [2.24, 2.45) is 0 Å². The molecular weight excluding hydrogens is 364 g/mol. The van der Waals surface area contributed by atoms with Gasteiger partial charge in [-0.25, -0.2) is 13.2 Å². The molecule has 26 heavy (non-hydrogen) atoms. The molecule has 1 atom stereocenters. The van der Waals surface area contributed by atoms with Gasteiger partial charge in [-0.3, -0.25) is 14.9 Å². The van der Waals surface area contributed by atoms with Crippen LogP contribution in [0.5, 0.6) is 0 Å². The maximum absolute atomic E-state index is 12.0. The summed E-state index contributed by atoms with van der Waals surface area (Å²) in [4.78, 5) is 35.3. The number of likely N-dealkylation sites (N-methyl/N-ethyl adjacent to an activating group) is 1. The van der Waals surface area contributed by atoms with Crippen molar-refractivity contribution >= 4 is 33.5 Å². The summed E-state index contributed by atoms with van der Waals surface area (Å²) in [6.07, 6.45) is 2.59. The number of sulfone groups is 1. The average Bonchev–Trinajstić information content (AvgIpc) is 2.97. The van der Waals surface area contributed by atoms with E-state index in [9.17, 15) is 28.1 Å². The van der Waals surface area contributed by atoms with E-state index in [2.05, 4.69) is 0 Å². The number of nitro benzene ring substituents is 1. The summed E-state index contributed by atoms with van der Waals surface area (Å²) < 4.78 is 27.7. The lowest BCUT2D eigenvalue weighted by Crippen LogP contribution is -2.40. The third kappa shape index (κ3) is 5.12. The first-order valence-corrected chi connectivity index (χ1v) is 9.56. The normalized spacial score (nSPS) is 18.6. The highest BCUT2D eigenvalue weighted by Gasteiger charge is 2.32. The molecule has 0 aromatic heterocycles. The van der Waals surface area contributed by atoms with Crippen molar-refractivity contribution in [2.75, 3.05) is 25.2 Å². The van der Waals surface area contributed by atoms with Crippen LogP contribution in [-0.4, -0.2) is 61.3 Å². The zero-order valence-electron chi connectivity index (χ0n) is 14.0. The predicted molar refractivity (Wildman–Crippen MR) is 92.9 cm³/mol. The van der Waals surface area contributed by atoms with Gasteiger partial charge in [-0.2, -0.15) is 0 Å². The quantitative estimate of drug-likeness (QED) is 0.308. The van der Waals surface area contributed by atoms with Crippen LogP contribution in [0.15, 0.2) is 30.3 Å². The molecule has 1 aromatic rings. The molecular formula is C16H18N2O7S. The minimum atomic E-state index is -3.12. The molecule has 0 bridgehead atoms. The van der Waals surface area contributed by atoms with Gasteiger partial charge in [0.25, 0.3) is 11.6 Å². The van der Waals surface area contributed by atoms with E-state index in [-0.39, 0.29) is 22.8 Å². The average molecular weight is 382 g/mol. The van der Waals surface area contributed by atoms with Crippen molar-refractivity contribution in [2.45, 2.75) is 12.5 Å². The number of carbonyl (C=O) groups excluding carboxylic acids is 2. The van der Waals surface area contributed by atoms with E-state index in [0.717, 1.165) is 6.08 Å². The maximum atomic E-state index is 12.0. The van der Waals surface area contributed by atoms with E-state index in [1.165, 1.54) is 36.2 Å². The number of nitrogens with zero attached hydrogens (tertiary/aromatic N) is 2. The lowest BCUT2D eigenvalue weighted by Gasteiger charge is -2.22. The zero-order chi connectivity index (χ0) is 19.3. The Morgan fingerprint density at radius 2 is 2.08 bits per heavy atom. The Kier molecular flexibility index (Phi) is 6.09. The van der Waals surface area contributed by atoms with E-state index < -0.39 is 39.3 Å². The minimum absolute atomic E-state index is 0.0354. The fourth-order valence-corrected chi connectivity index (χ4v) is 4.29. The lowest BCUT2D eigenvalue weighted by molar-refractivity contribution is -0.385. The van der Waals surface area contributed by atoms with Crippen LogP contribution in [0.4, 0.5) is 5.69 Å². The summed E-state index contributed by atoms with van der Waals surface area (Å²) >= 11 is 0. The van der Waals surface area contributed by atoms with Crippen LogP contribution in [-0.2, 0) is 24.2 Å². The number of nitro groups is 1. The Bertz CT molecular complexity index is 848. The molecule has 2 rings (SSSR count). The van der Waals surface area contributed by atoms with Crippen molar-refractivity contribution in [3.05, 3.63) is 46.0 Å². The molecule has 1 heterocycles. The van der Waals surface area contributed by atoms with Gasteiger partial charge in [-0.15, -0.1) is 0 Å². The molecule has 1 unspecified atom stereocenters. The van der Waals surface area contributed by atoms with Crippen molar-refractivity contribution < 1.29 is 27.7 Å². The van der Waals surface area contributed by atoms with E-state index in [1.807, 2.05) is 0 Å². The van der Waals surface area contributed by atoms with E-state index in [0.29, 0.717) is 6.42 Å². The van der Waals surface area contributed by atoms with Gasteiger partial charge in [0.2, 0.25) is 0 Å². The third-order valence-electron chi connectivity index (χ3n) is 4.02. The van der Waals surface area contributed by atoms with E-state index in [4.69, 9.17) is 4.74 Å². The number of hydrogen-bond donors (Lipinski definition) is 0. The number of esters is 1. The second kappa shape index (κ2) is 8.09. The highest BCUT2D eigenvalue weighted by atomic mass is 32.2. The number of carbonyl (C=O) groups is 2. The number of para-hydroxylation sites is 1. The number of benzene rings is 1. The number of amides is 1. The summed E-state index contributed by atoms with van der Waals surface area (Å²) in [5.74, 6) is -1.41. The summed E-state index contributed by atoms with van der Waals surface area (Å²) in [6, 6.07) is 5.45. The first kappa shape index (κ1) is 19.6. The van der Waals surface area contributed by atoms with Crippen LogP contribution in [0.3, 0.4) is 0 Å². The SMILES string of the molecule is CN(C(=O)COC(=O)C=Cc1ccccc1[N+](=O)[O-])C1CCS(=O)(=O)C1. The molecule has 1 amide bonds. The molecule has 1 aliphatic heterocycles. The summed E-state index contributed by atoms with van der Waals surface area (Å²) in [7, 11) is -1.66. The van der Waals surface area contributed by atoms with Gasteiger partial charge >= 0.3 is 5.97 Å². The highest BCUT2D eigenvalue weighted by molar-refractivity contribution is 7.91. The molecule has 0 saturated carbocycles. The molecule has 1 aliphatic rings. The summed E-state index contributed by atoms with van der Waals surface area (Å²) in [6.45, 7) is -0.535. The molecule has 1 fully saturated rings. The second-order valence-corrected chi connectivity index (χ2v) is 8.05. The minimum Gasteiger partial charge on any atom is -0.452 e. The Morgan fingerprint density at radius 3 is 2.69 bits per heavy atom. The smallest absolute Gasteiger partial charge is 0.331 e. The first-order chi connectivity index (χ1) is 12.2. The summed E-state index contributed by atoms with van der Waals surface area (Å²) in [5, 5.41) is 10.9. The molecule has 1 aromatic carbocycles. The van der Waals surface area contributed by atoms with Crippen LogP contribution in [0, 0.1) is 10.1 Å².